The van der Waals surface area contributed by atoms with Gasteiger partial charge in [-0.15, -0.1) is 0 Å². The van der Waals surface area contributed by atoms with E-state index in [0.29, 0.717) is 19.0 Å². The fraction of sp³-hybridized carbons (Fsp3) is 0.846. The first kappa shape index (κ1) is 14.0. The van der Waals surface area contributed by atoms with Gasteiger partial charge < -0.3 is 5.32 Å². The third kappa shape index (κ3) is 4.01. The first-order chi connectivity index (χ1) is 8.08. The predicted octanol–water partition coefficient (Wildman–Crippen LogP) is 1.38. The summed E-state index contributed by atoms with van der Waals surface area (Å²) >= 11 is 0. The first-order valence-corrected chi connectivity index (χ1v) is 6.45. The molecule has 0 aromatic heterocycles. The molecule has 17 heavy (non-hydrogen) atoms. The maximum atomic E-state index is 11.5. The van der Waals surface area contributed by atoms with Crippen molar-refractivity contribution in [2.24, 2.45) is 11.8 Å². The molecule has 0 spiro atoms. The van der Waals surface area contributed by atoms with Crippen molar-refractivity contribution in [2.45, 2.75) is 39.2 Å². The molecule has 0 bridgehead atoms. The summed E-state index contributed by atoms with van der Waals surface area (Å²) in [6.45, 7) is 5.19. The van der Waals surface area contributed by atoms with E-state index < -0.39 is 0 Å². The molecule has 0 heterocycles. The number of carbonyl (C=O) groups excluding carboxylic acids is 1. The molecule has 1 aliphatic rings. The molecule has 1 amide bonds. The van der Waals surface area contributed by atoms with Gasteiger partial charge in [0.25, 0.3) is 0 Å². The Balaban J connectivity index is 2.55. The average Bonchev–Trinajstić information content (AvgIpc) is 2.29. The number of amides is 1. The van der Waals surface area contributed by atoms with Crippen molar-refractivity contribution in [3.05, 3.63) is 0 Å². The van der Waals surface area contributed by atoms with Crippen molar-refractivity contribution >= 4 is 5.91 Å². The lowest BCUT2D eigenvalue weighted by atomic mass is 9.79. The third-order valence-electron chi connectivity index (χ3n) is 3.58. The highest BCUT2D eigenvalue weighted by Gasteiger charge is 2.31. The van der Waals surface area contributed by atoms with Crippen LogP contribution in [0.5, 0.6) is 0 Å². The van der Waals surface area contributed by atoms with Crippen molar-refractivity contribution in [3.8, 4) is 6.07 Å². The van der Waals surface area contributed by atoms with Gasteiger partial charge in [-0.1, -0.05) is 6.92 Å². The summed E-state index contributed by atoms with van der Waals surface area (Å²) in [5.74, 6) is 0.775. The Morgan fingerprint density at radius 1 is 1.53 bits per heavy atom. The number of hydrogen-bond donors (Lipinski definition) is 1. The number of carbonyl (C=O) groups is 1. The van der Waals surface area contributed by atoms with Crippen LogP contribution in [0.2, 0.25) is 0 Å². The molecule has 3 unspecified atom stereocenters. The van der Waals surface area contributed by atoms with Gasteiger partial charge in [0, 0.05) is 12.6 Å². The molecule has 96 valence electrons. The number of likely N-dealkylation sites (N-methyl/N-ethyl adjacent to an activating group) is 2. The summed E-state index contributed by atoms with van der Waals surface area (Å²) in [5, 5.41) is 12.0. The maximum Gasteiger partial charge on any atom is 0.234 e. The van der Waals surface area contributed by atoms with Crippen molar-refractivity contribution < 1.29 is 4.79 Å². The van der Waals surface area contributed by atoms with Crippen LogP contribution < -0.4 is 5.32 Å². The molecule has 4 heteroatoms. The lowest BCUT2D eigenvalue weighted by molar-refractivity contribution is -0.122. The van der Waals surface area contributed by atoms with Crippen LogP contribution in [0.1, 0.15) is 33.1 Å². The minimum atomic E-state index is 0.0462. The van der Waals surface area contributed by atoms with Crippen molar-refractivity contribution in [3.63, 3.8) is 0 Å². The Bertz CT molecular complexity index is 298. The lowest BCUT2D eigenvalue weighted by Crippen LogP contribution is -2.46. The molecule has 0 saturated heterocycles. The van der Waals surface area contributed by atoms with Gasteiger partial charge >= 0.3 is 0 Å². The zero-order valence-electron chi connectivity index (χ0n) is 11.1. The summed E-state index contributed by atoms with van der Waals surface area (Å²) < 4.78 is 0. The van der Waals surface area contributed by atoms with Crippen molar-refractivity contribution in [1.82, 2.24) is 10.2 Å². The van der Waals surface area contributed by atoms with Crippen LogP contribution in [0.4, 0.5) is 0 Å². The minimum absolute atomic E-state index is 0.0462. The first-order valence-electron chi connectivity index (χ1n) is 6.45. The van der Waals surface area contributed by atoms with E-state index in [0.717, 1.165) is 19.3 Å². The van der Waals surface area contributed by atoms with Gasteiger partial charge in [-0.05, 0) is 39.2 Å². The highest BCUT2D eigenvalue weighted by Crippen LogP contribution is 2.31. The maximum absolute atomic E-state index is 11.5. The van der Waals surface area contributed by atoms with Gasteiger partial charge in [-0.25, -0.2) is 0 Å². The molecule has 3 atom stereocenters. The number of hydrogen-bond acceptors (Lipinski definition) is 3. The van der Waals surface area contributed by atoms with Gasteiger partial charge in [0.05, 0.1) is 18.5 Å². The molecule has 1 rings (SSSR count). The summed E-state index contributed by atoms with van der Waals surface area (Å²) in [7, 11) is 1.95. The molecule has 0 aromatic carbocycles. The molecule has 0 aromatic rings. The molecular formula is C13H23N3O. The fourth-order valence-corrected chi connectivity index (χ4v) is 2.59. The van der Waals surface area contributed by atoms with Crippen LogP contribution in [-0.2, 0) is 4.79 Å². The van der Waals surface area contributed by atoms with Crippen LogP contribution in [0, 0.1) is 23.2 Å². The molecule has 0 radical (unpaired) electrons. The van der Waals surface area contributed by atoms with Crippen LogP contribution in [0.15, 0.2) is 0 Å². The molecule has 0 aliphatic heterocycles. The Kier molecular flexibility index (Phi) is 5.43. The molecular weight excluding hydrogens is 214 g/mol. The van der Waals surface area contributed by atoms with E-state index in [-0.39, 0.29) is 17.9 Å². The van der Waals surface area contributed by atoms with Gasteiger partial charge in [-0.3, -0.25) is 9.69 Å². The Morgan fingerprint density at radius 2 is 2.24 bits per heavy atom. The minimum Gasteiger partial charge on any atom is -0.355 e. The summed E-state index contributed by atoms with van der Waals surface area (Å²) in [4.78, 5) is 13.6. The van der Waals surface area contributed by atoms with E-state index in [1.807, 2.05) is 18.9 Å². The fourth-order valence-electron chi connectivity index (χ4n) is 2.59. The standard InChI is InChI=1S/C13H23N3O/c1-4-15-13(17)9-16(3)12-7-10(2)5-6-11(12)8-14/h10-12H,4-7,9H2,1-3H3,(H,15,17). The number of nitriles is 1. The van der Waals surface area contributed by atoms with E-state index in [9.17, 15) is 4.79 Å². The largest absolute Gasteiger partial charge is 0.355 e. The lowest BCUT2D eigenvalue weighted by Gasteiger charge is -2.37. The molecule has 4 nitrogen and oxygen atoms in total. The summed E-state index contributed by atoms with van der Waals surface area (Å²) in [5.41, 5.74) is 0. The zero-order chi connectivity index (χ0) is 12.8. The monoisotopic (exact) mass is 237 g/mol. The Morgan fingerprint density at radius 3 is 2.82 bits per heavy atom. The van der Waals surface area contributed by atoms with Crippen LogP contribution in [-0.4, -0.2) is 37.0 Å². The number of rotatable bonds is 4. The van der Waals surface area contributed by atoms with Crippen molar-refractivity contribution in [1.29, 1.82) is 5.26 Å². The van der Waals surface area contributed by atoms with Crippen LogP contribution in [0.3, 0.4) is 0 Å². The normalized spacial score (nSPS) is 28.8. The molecule has 1 fully saturated rings. The van der Waals surface area contributed by atoms with E-state index in [1.165, 1.54) is 0 Å². The topological polar surface area (TPSA) is 56.1 Å². The van der Waals surface area contributed by atoms with Gasteiger partial charge in [-0.2, -0.15) is 5.26 Å². The summed E-state index contributed by atoms with van der Waals surface area (Å²) in [6.07, 6.45) is 3.11. The van der Waals surface area contributed by atoms with E-state index in [4.69, 9.17) is 5.26 Å². The number of nitrogens with one attached hydrogen (secondary N) is 1. The second-order valence-corrected chi connectivity index (χ2v) is 5.09. The second-order valence-electron chi connectivity index (χ2n) is 5.09. The predicted molar refractivity (Wildman–Crippen MR) is 67.2 cm³/mol. The van der Waals surface area contributed by atoms with Gasteiger partial charge in [0.15, 0.2) is 0 Å². The SMILES string of the molecule is CCNC(=O)CN(C)C1CC(C)CCC1C#N. The van der Waals surface area contributed by atoms with Crippen molar-refractivity contribution in [2.75, 3.05) is 20.1 Å². The Hall–Kier alpha value is -1.08. The van der Waals surface area contributed by atoms with Gasteiger partial charge in [0.2, 0.25) is 5.91 Å². The Labute approximate surface area is 104 Å². The summed E-state index contributed by atoms with van der Waals surface area (Å²) in [6, 6.07) is 2.62. The second kappa shape index (κ2) is 6.61. The average molecular weight is 237 g/mol. The van der Waals surface area contributed by atoms with Crippen LogP contribution in [0.25, 0.3) is 0 Å². The quantitative estimate of drug-likeness (QED) is 0.803. The number of nitrogens with zero attached hydrogens (tertiary/aromatic N) is 2. The molecule has 1 N–H and O–H groups in total. The van der Waals surface area contributed by atoms with Gasteiger partial charge in [0.1, 0.15) is 0 Å². The van der Waals surface area contributed by atoms with Crippen LogP contribution >= 0.6 is 0 Å². The highest BCUT2D eigenvalue weighted by molar-refractivity contribution is 5.77. The smallest absolute Gasteiger partial charge is 0.234 e. The third-order valence-corrected chi connectivity index (χ3v) is 3.58. The highest BCUT2D eigenvalue weighted by atomic mass is 16.2. The molecule has 1 aliphatic carbocycles. The zero-order valence-corrected chi connectivity index (χ0v) is 11.1. The molecule has 1 saturated carbocycles. The van der Waals surface area contributed by atoms with E-state index >= 15 is 0 Å². The van der Waals surface area contributed by atoms with E-state index in [1.54, 1.807) is 0 Å². The van der Waals surface area contributed by atoms with E-state index in [2.05, 4.69) is 18.3 Å².